The van der Waals surface area contributed by atoms with Crippen molar-refractivity contribution >= 4 is 17.5 Å². The van der Waals surface area contributed by atoms with Crippen LogP contribution in [0.3, 0.4) is 0 Å². The van der Waals surface area contributed by atoms with Gasteiger partial charge in [-0.2, -0.15) is 0 Å². The fourth-order valence-corrected chi connectivity index (χ4v) is 3.35. The average Bonchev–Trinajstić information content (AvgIpc) is 3.11. The van der Waals surface area contributed by atoms with Crippen molar-refractivity contribution in [3.8, 4) is 5.75 Å². The average molecular weight is 380 g/mol. The van der Waals surface area contributed by atoms with E-state index in [1.165, 1.54) is 0 Å². The summed E-state index contributed by atoms with van der Waals surface area (Å²) in [5.74, 6) is 1.12. The second-order valence-corrected chi connectivity index (χ2v) is 7.58. The zero-order chi connectivity index (χ0) is 20.1. The number of carbonyl (C=O) groups is 2. The van der Waals surface area contributed by atoms with Crippen LogP contribution in [-0.4, -0.2) is 25.0 Å². The number of rotatable bonds is 7. The Hall–Kier alpha value is -2.82. The first-order chi connectivity index (χ1) is 13.4. The second kappa shape index (κ2) is 8.91. The van der Waals surface area contributed by atoms with Crippen LogP contribution in [0.25, 0.3) is 0 Å². The van der Waals surface area contributed by atoms with E-state index in [9.17, 15) is 9.59 Å². The third kappa shape index (κ3) is 4.91. The van der Waals surface area contributed by atoms with Crippen LogP contribution in [0.15, 0.2) is 42.5 Å². The van der Waals surface area contributed by atoms with Crippen LogP contribution in [0.2, 0.25) is 0 Å². The van der Waals surface area contributed by atoms with Crippen molar-refractivity contribution in [2.24, 2.45) is 0 Å². The highest BCUT2D eigenvalue weighted by Gasteiger charge is 2.21. The Bertz CT molecular complexity index is 843. The summed E-state index contributed by atoms with van der Waals surface area (Å²) in [4.78, 5) is 25.8. The number of ether oxygens (including phenoxy) is 1. The molecule has 1 fully saturated rings. The molecule has 148 valence electrons. The summed E-state index contributed by atoms with van der Waals surface area (Å²) in [7, 11) is 0. The van der Waals surface area contributed by atoms with E-state index in [0.717, 1.165) is 41.1 Å². The number of nitrogens with one attached hydrogen (secondary N) is 1. The number of hydrogen-bond acceptors (Lipinski definition) is 3. The summed E-state index contributed by atoms with van der Waals surface area (Å²) in [5.41, 5.74) is 4.12. The molecule has 2 amide bonds. The molecule has 1 saturated heterocycles. The minimum Gasteiger partial charge on any atom is -0.483 e. The number of benzene rings is 2. The van der Waals surface area contributed by atoms with Gasteiger partial charge in [0.05, 0.1) is 0 Å². The molecule has 0 bridgehead atoms. The molecule has 0 unspecified atom stereocenters. The van der Waals surface area contributed by atoms with Gasteiger partial charge in [0, 0.05) is 25.2 Å². The van der Waals surface area contributed by atoms with Gasteiger partial charge in [0.2, 0.25) is 5.91 Å². The van der Waals surface area contributed by atoms with E-state index in [0.29, 0.717) is 18.9 Å². The second-order valence-electron chi connectivity index (χ2n) is 7.58. The maximum absolute atomic E-state index is 12.2. The molecule has 1 heterocycles. The number of carbonyl (C=O) groups excluding carboxylic acids is 2. The number of aryl methyl sites for hydroxylation is 1. The van der Waals surface area contributed by atoms with Gasteiger partial charge in [0.1, 0.15) is 5.75 Å². The highest BCUT2D eigenvalue weighted by Crippen LogP contribution is 2.27. The van der Waals surface area contributed by atoms with Crippen LogP contribution in [0.5, 0.6) is 5.75 Å². The Balaban J connectivity index is 1.51. The molecule has 0 spiro atoms. The molecule has 3 rings (SSSR count). The summed E-state index contributed by atoms with van der Waals surface area (Å²) < 4.78 is 5.77. The molecule has 2 aromatic rings. The fraction of sp³-hybridized carbons (Fsp3) is 0.391. The molecule has 0 aliphatic carbocycles. The molecule has 0 radical (unpaired) electrons. The number of hydrogen-bond donors (Lipinski definition) is 1. The fourth-order valence-electron chi connectivity index (χ4n) is 3.35. The van der Waals surface area contributed by atoms with Gasteiger partial charge >= 0.3 is 0 Å². The molecule has 1 N–H and O–H groups in total. The number of anilines is 1. The Morgan fingerprint density at radius 3 is 2.57 bits per heavy atom. The van der Waals surface area contributed by atoms with Crippen molar-refractivity contribution in [1.82, 2.24) is 5.32 Å². The van der Waals surface area contributed by atoms with Crippen LogP contribution in [0, 0.1) is 6.92 Å². The lowest BCUT2D eigenvalue weighted by molar-refractivity contribution is -0.123. The van der Waals surface area contributed by atoms with E-state index in [-0.39, 0.29) is 18.4 Å². The topological polar surface area (TPSA) is 58.6 Å². The predicted molar refractivity (Wildman–Crippen MR) is 111 cm³/mol. The summed E-state index contributed by atoms with van der Waals surface area (Å²) in [6.07, 6.45) is 1.54. The molecule has 1 aliphatic rings. The lowest BCUT2D eigenvalue weighted by Gasteiger charge is -2.16. The van der Waals surface area contributed by atoms with Crippen LogP contribution >= 0.6 is 0 Å². The van der Waals surface area contributed by atoms with Crippen LogP contribution < -0.4 is 15.0 Å². The lowest BCUT2D eigenvalue weighted by Crippen LogP contribution is -2.28. The first-order valence-corrected chi connectivity index (χ1v) is 9.83. The summed E-state index contributed by atoms with van der Waals surface area (Å²) >= 11 is 0. The SMILES string of the molecule is Cc1ccc(C(C)C)c(OCC(=O)NCc2ccc(N3CCCC3=O)cc2)c1. The quantitative estimate of drug-likeness (QED) is 0.791. The highest BCUT2D eigenvalue weighted by atomic mass is 16.5. The predicted octanol–water partition coefficient (Wildman–Crippen LogP) is 3.94. The minimum absolute atomic E-state index is 0.0104. The van der Waals surface area contributed by atoms with Crippen molar-refractivity contribution in [2.75, 3.05) is 18.1 Å². The third-order valence-electron chi connectivity index (χ3n) is 4.96. The van der Waals surface area contributed by atoms with E-state index >= 15 is 0 Å². The molecule has 28 heavy (non-hydrogen) atoms. The van der Waals surface area contributed by atoms with Crippen molar-refractivity contribution < 1.29 is 14.3 Å². The molecular formula is C23H28N2O3. The molecule has 2 aromatic carbocycles. The van der Waals surface area contributed by atoms with Crippen molar-refractivity contribution in [3.63, 3.8) is 0 Å². The summed E-state index contributed by atoms with van der Waals surface area (Å²) in [6.45, 7) is 7.43. The van der Waals surface area contributed by atoms with Gasteiger partial charge in [-0.15, -0.1) is 0 Å². The Labute approximate surface area is 166 Å². The number of amides is 2. The van der Waals surface area contributed by atoms with E-state index < -0.39 is 0 Å². The summed E-state index contributed by atoms with van der Waals surface area (Å²) in [6, 6.07) is 13.8. The van der Waals surface area contributed by atoms with Gasteiger partial charge in [0.15, 0.2) is 6.61 Å². The molecule has 5 heteroatoms. The first kappa shape index (κ1) is 19.9. The van der Waals surface area contributed by atoms with Crippen LogP contribution in [-0.2, 0) is 16.1 Å². The van der Waals surface area contributed by atoms with Crippen molar-refractivity contribution in [2.45, 2.75) is 46.1 Å². The Morgan fingerprint density at radius 2 is 1.93 bits per heavy atom. The van der Waals surface area contributed by atoms with E-state index in [1.807, 2.05) is 42.2 Å². The largest absolute Gasteiger partial charge is 0.483 e. The Morgan fingerprint density at radius 1 is 1.18 bits per heavy atom. The van der Waals surface area contributed by atoms with Crippen LogP contribution in [0.4, 0.5) is 5.69 Å². The molecular weight excluding hydrogens is 352 g/mol. The smallest absolute Gasteiger partial charge is 0.258 e. The molecule has 1 aliphatic heterocycles. The van der Waals surface area contributed by atoms with E-state index in [4.69, 9.17) is 4.74 Å². The zero-order valence-corrected chi connectivity index (χ0v) is 16.8. The van der Waals surface area contributed by atoms with Gasteiger partial charge < -0.3 is 15.0 Å². The monoisotopic (exact) mass is 380 g/mol. The molecule has 0 saturated carbocycles. The Kier molecular flexibility index (Phi) is 6.34. The highest BCUT2D eigenvalue weighted by molar-refractivity contribution is 5.95. The van der Waals surface area contributed by atoms with Gasteiger partial charge in [-0.3, -0.25) is 9.59 Å². The van der Waals surface area contributed by atoms with Gasteiger partial charge in [0.25, 0.3) is 5.91 Å². The molecule has 5 nitrogen and oxygen atoms in total. The normalized spacial score (nSPS) is 13.9. The maximum Gasteiger partial charge on any atom is 0.258 e. The third-order valence-corrected chi connectivity index (χ3v) is 4.96. The molecule has 0 atom stereocenters. The van der Waals surface area contributed by atoms with Gasteiger partial charge in [-0.05, 0) is 54.2 Å². The maximum atomic E-state index is 12.2. The standard InChI is InChI=1S/C23H28N2O3/c1-16(2)20-11-6-17(3)13-21(20)28-15-22(26)24-14-18-7-9-19(10-8-18)25-12-4-5-23(25)27/h6-11,13,16H,4-5,12,14-15H2,1-3H3,(H,24,26). The van der Waals surface area contributed by atoms with E-state index in [2.05, 4.69) is 31.3 Å². The first-order valence-electron chi connectivity index (χ1n) is 9.83. The molecule has 0 aromatic heterocycles. The van der Waals surface area contributed by atoms with Crippen LogP contribution in [0.1, 0.15) is 49.3 Å². The van der Waals surface area contributed by atoms with Crippen molar-refractivity contribution in [1.29, 1.82) is 0 Å². The van der Waals surface area contributed by atoms with Gasteiger partial charge in [-0.1, -0.05) is 38.1 Å². The number of nitrogens with zero attached hydrogens (tertiary/aromatic N) is 1. The lowest BCUT2D eigenvalue weighted by atomic mass is 10.0. The van der Waals surface area contributed by atoms with E-state index in [1.54, 1.807) is 0 Å². The van der Waals surface area contributed by atoms with Crippen molar-refractivity contribution in [3.05, 3.63) is 59.2 Å². The zero-order valence-electron chi connectivity index (χ0n) is 16.8. The minimum atomic E-state index is -0.157. The van der Waals surface area contributed by atoms with Gasteiger partial charge in [-0.25, -0.2) is 0 Å². The summed E-state index contributed by atoms with van der Waals surface area (Å²) in [5, 5.41) is 2.89.